The Morgan fingerprint density at radius 3 is 2.75 bits per heavy atom. The predicted molar refractivity (Wildman–Crippen MR) is 73.9 cm³/mol. The van der Waals surface area contributed by atoms with Crippen LogP contribution >= 0.6 is 0 Å². The zero-order valence-electron chi connectivity index (χ0n) is 11.9. The Bertz CT molecular complexity index is 567. The molecule has 0 aliphatic heterocycles. The average Bonchev–Trinajstić information content (AvgIpc) is 2.81. The highest BCUT2D eigenvalue weighted by Crippen LogP contribution is 2.20. The maximum absolute atomic E-state index is 13.9. The summed E-state index contributed by atoms with van der Waals surface area (Å²) in [7, 11) is 0. The smallest absolute Gasteiger partial charge is 0.174 e. The van der Waals surface area contributed by atoms with Crippen LogP contribution < -0.4 is 10.1 Å². The highest BCUT2D eigenvalue weighted by Gasteiger charge is 2.07. The summed E-state index contributed by atoms with van der Waals surface area (Å²) >= 11 is 0. The van der Waals surface area contributed by atoms with Crippen molar-refractivity contribution in [3.8, 4) is 5.75 Å². The van der Waals surface area contributed by atoms with Crippen molar-refractivity contribution in [3.63, 3.8) is 0 Å². The van der Waals surface area contributed by atoms with Crippen LogP contribution in [0, 0.1) is 12.7 Å². The van der Waals surface area contributed by atoms with Crippen molar-refractivity contribution in [1.82, 2.24) is 10.5 Å². The van der Waals surface area contributed by atoms with E-state index >= 15 is 0 Å². The lowest BCUT2D eigenvalue weighted by Gasteiger charge is -2.10. The molecule has 1 aromatic carbocycles. The van der Waals surface area contributed by atoms with Crippen molar-refractivity contribution in [2.24, 2.45) is 0 Å². The van der Waals surface area contributed by atoms with Gasteiger partial charge in [0.15, 0.2) is 17.3 Å². The van der Waals surface area contributed by atoms with Crippen molar-refractivity contribution < 1.29 is 13.7 Å². The number of halogens is 1. The molecular formula is C15H19FN2O2. The summed E-state index contributed by atoms with van der Waals surface area (Å²) in [6.45, 7) is 6.72. The minimum absolute atomic E-state index is 0.168. The Kier molecular flexibility index (Phi) is 4.74. The molecule has 0 spiro atoms. The van der Waals surface area contributed by atoms with Gasteiger partial charge in [-0.15, -0.1) is 0 Å². The van der Waals surface area contributed by atoms with Crippen LogP contribution in [-0.2, 0) is 13.2 Å². The summed E-state index contributed by atoms with van der Waals surface area (Å²) in [5.41, 5.74) is 1.67. The number of hydrogen-bond acceptors (Lipinski definition) is 4. The van der Waals surface area contributed by atoms with Crippen molar-refractivity contribution in [2.75, 3.05) is 0 Å². The molecule has 1 heterocycles. The largest absolute Gasteiger partial charge is 0.482 e. The number of nitrogens with zero attached hydrogens (tertiary/aromatic N) is 1. The Labute approximate surface area is 117 Å². The zero-order chi connectivity index (χ0) is 14.5. The van der Waals surface area contributed by atoms with Gasteiger partial charge in [0.05, 0.1) is 5.69 Å². The molecule has 20 heavy (non-hydrogen) atoms. The van der Waals surface area contributed by atoms with E-state index in [0.717, 1.165) is 11.3 Å². The highest BCUT2D eigenvalue weighted by molar-refractivity contribution is 5.29. The number of ether oxygens (including phenoxy) is 1. The van der Waals surface area contributed by atoms with Gasteiger partial charge in [-0.3, -0.25) is 0 Å². The Hall–Kier alpha value is -1.88. The summed E-state index contributed by atoms with van der Waals surface area (Å²) in [4.78, 5) is 0. The van der Waals surface area contributed by atoms with Gasteiger partial charge in [-0.25, -0.2) is 4.39 Å². The van der Waals surface area contributed by atoms with Gasteiger partial charge in [-0.2, -0.15) is 0 Å². The Balaban J connectivity index is 1.95. The quantitative estimate of drug-likeness (QED) is 0.881. The van der Waals surface area contributed by atoms with E-state index in [-0.39, 0.29) is 18.2 Å². The zero-order valence-corrected chi connectivity index (χ0v) is 11.9. The van der Waals surface area contributed by atoms with Crippen LogP contribution in [0.25, 0.3) is 0 Å². The summed E-state index contributed by atoms with van der Waals surface area (Å²) in [5.74, 6) is 0.420. The summed E-state index contributed by atoms with van der Waals surface area (Å²) in [6.07, 6.45) is 0. The van der Waals surface area contributed by atoms with E-state index in [1.54, 1.807) is 12.1 Å². The van der Waals surface area contributed by atoms with Crippen LogP contribution in [0.15, 0.2) is 28.8 Å². The fraction of sp³-hybridized carbons (Fsp3) is 0.400. The molecule has 0 saturated heterocycles. The second-order valence-electron chi connectivity index (χ2n) is 5.02. The molecule has 0 saturated carbocycles. The van der Waals surface area contributed by atoms with Gasteiger partial charge in [-0.1, -0.05) is 25.1 Å². The molecule has 0 atom stereocenters. The third-order valence-electron chi connectivity index (χ3n) is 2.76. The lowest BCUT2D eigenvalue weighted by Crippen LogP contribution is -2.21. The average molecular weight is 278 g/mol. The molecule has 108 valence electrons. The molecule has 0 aliphatic carbocycles. The predicted octanol–water partition coefficient (Wildman–Crippen LogP) is 3.20. The first-order chi connectivity index (χ1) is 9.54. The van der Waals surface area contributed by atoms with Crippen molar-refractivity contribution in [1.29, 1.82) is 0 Å². The molecule has 2 rings (SSSR count). The summed E-state index contributed by atoms with van der Waals surface area (Å²) in [5, 5.41) is 6.99. The van der Waals surface area contributed by atoms with Crippen molar-refractivity contribution in [2.45, 2.75) is 40.0 Å². The van der Waals surface area contributed by atoms with Crippen LogP contribution in [0.3, 0.4) is 0 Å². The van der Waals surface area contributed by atoms with Crippen LogP contribution in [-0.4, -0.2) is 11.2 Å². The first-order valence-electron chi connectivity index (χ1n) is 6.61. The topological polar surface area (TPSA) is 47.3 Å². The molecule has 0 radical (unpaired) electrons. The summed E-state index contributed by atoms with van der Waals surface area (Å²) in [6, 6.07) is 7.09. The molecular weight excluding hydrogens is 259 g/mol. The number of aromatic nitrogens is 1. The molecule has 0 aliphatic rings. The molecule has 0 fully saturated rings. The fourth-order valence-corrected chi connectivity index (χ4v) is 1.73. The van der Waals surface area contributed by atoms with E-state index < -0.39 is 0 Å². The van der Waals surface area contributed by atoms with E-state index in [0.29, 0.717) is 18.3 Å². The number of nitrogens with one attached hydrogen (secondary N) is 1. The maximum Gasteiger partial charge on any atom is 0.174 e. The van der Waals surface area contributed by atoms with Gasteiger partial charge >= 0.3 is 0 Å². The standard InChI is InChI=1S/C15H19FN2O2/c1-10(2)17-8-12-4-5-15(14(16)7-12)19-9-13-6-11(3)18-20-13/h4-7,10,17H,8-9H2,1-3H3. The van der Waals surface area contributed by atoms with Gasteiger partial charge in [0.25, 0.3) is 0 Å². The van der Waals surface area contributed by atoms with Crippen LogP contribution in [0.5, 0.6) is 5.75 Å². The molecule has 0 unspecified atom stereocenters. The van der Waals surface area contributed by atoms with Gasteiger partial charge in [0.1, 0.15) is 6.61 Å². The Morgan fingerprint density at radius 1 is 1.35 bits per heavy atom. The molecule has 1 aromatic heterocycles. The van der Waals surface area contributed by atoms with E-state index in [9.17, 15) is 4.39 Å². The Morgan fingerprint density at radius 2 is 2.15 bits per heavy atom. The molecule has 2 aromatic rings. The number of rotatable bonds is 6. The normalized spacial score (nSPS) is 11.1. The first-order valence-corrected chi connectivity index (χ1v) is 6.61. The second kappa shape index (κ2) is 6.52. The van der Waals surface area contributed by atoms with E-state index in [2.05, 4.69) is 10.5 Å². The monoisotopic (exact) mass is 278 g/mol. The van der Waals surface area contributed by atoms with Crippen molar-refractivity contribution >= 4 is 0 Å². The molecule has 0 amide bonds. The second-order valence-corrected chi connectivity index (χ2v) is 5.02. The van der Waals surface area contributed by atoms with Gasteiger partial charge in [0.2, 0.25) is 0 Å². The highest BCUT2D eigenvalue weighted by atomic mass is 19.1. The van der Waals surface area contributed by atoms with Crippen LogP contribution in [0.2, 0.25) is 0 Å². The lowest BCUT2D eigenvalue weighted by molar-refractivity contribution is 0.240. The number of benzene rings is 1. The van der Waals surface area contributed by atoms with E-state index in [1.165, 1.54) is 6.07 Å². The molecule has 5 heteroatoms. The fourth-order valence-electron chi connectivity index (χ4n) is 1.73. The van der Waals surface area contributed by atoms with Crippen molar-refractivity contribution in [3.05, 3.63) is 47.1 Å². The van der Waals surface area contributed by atoms with E-state index in [4.69, 9.17) is 9.26 Å². The number of hydrogen-bond donors (Lipinski definition) is 1. The van der Waals surface area contributed by atoms with Gasteiger partial charge < -0.3 is 14.6 Å². The minimum Gasteiger partial charge on any atom is -0.482 e. The third kappa shape index (κ3) is 4.06. The minimum atomic E-state index is -0.371. The van der Waals surface area contributed by atoms with Crippen LogP contribution in [0.4, 0.5) is 4.39 Å². The molecule has 4 nitrogen and oxygen atoms in total. The number of aryl methyl sites for hydroxylation is 1. The third-order valence-corrected chi connectivity index (χ3v) is 2.76. The SMILES string of the molecule is Cc1cc(COc2ccc(CNC(C)C)cc2F)on1. The first kappa shape index (κ1) is 14.5. The van der Waals surface area contributed by atoms with Gasteiger partial charge in [0, 0.05) is 18.7 Å². The molecule has 0 bridgehead atoms. The van der Waals surface area contributed by atoms with Gasteiger partial charge in [-0.05, 0) is 24.6 Å². The lowest BCUT2D eigenvalue weighted by atomic mass is 10.2. The van der Waals surface area contributed by atoms with Crippen LogP contribution in [0.1, 0.15) is 30.9 Å². The maximum atomic E-state index is 13.9. The summed E-state index contributed by atoms with van der Waals surface area (Å²) < 4.78 is 24.3. The van der Waals surface area contributed by atoms with E-state index in [1.807, 2.05) is 26.8 Å². The molecule has 1 N–H and O–H groups in total.